The van der Waals surface area contributed by atoms with Crippen LogP contribution in [0, 0.1) is 10.1 Å². The fraction of sp³-hybridized carbons (Fsp3) is 0.389. The zero-order valence-corrected chi connectivity index (χ0v) is 15.3. The third kappa shape index (κ3) is 5.13. The van der Waals surface area contributed by atoms with Crippen molar-refractivity contribution in [1.29, 1.82) is 0 Å². The van der Waals surface area contributed by atoms with Crippen molar-refractivity contribution in [3.05, 3.63) is 58.0 Å². The Balaban J connectivity index is 2.24. The van der Waals surface area contributed by atoms with E-state index in [0.29, 0.717) is 12.8 Å². The van der Waals surface area contributed by atoms with Gasteiger partial charge < -0.3 is 20.2 Å². The number of nitrogens with one attached hydrogen (secondary N) is 1. The van der Waals surface area contributed by atoms with Crippen LogP contribution in [0.15, 0.2) is 36.7 Å². The first kappa shape index (κ1) is 20.1. The highest BCUT2D eigenvalue weighted by Gasteiger charge is 2.30. The van der Waals surface area contributed by atoms with E-state index in [4.69, 9.17) is 4.74 Å². The molecule has 1 amide bonds. The Kier molecular flexibility index (Phi) is 7.04. The number of carbonyl (C=O) groups is 2. The Morgan fingerprint density at radius 1 is 1.33 bits per heavy atom. The molecule has 0 fully saturated rings. The minimum atomic E-state index is -0.874. The van der Waals surface area contributed by atoms with E-state index >= 15 is 0 Å². The summed E-state index contributed by atoms with van der Waals surface area (Å²) >= 11 is 0. The maximum atomic E-state index is 12.5. The summed E-state index contributed by atoms with van der Waals surface area (Å²) in [5, 5.41) is 14.0. The van der Waals surface area contributed by atoms with Crippen molar-refractivity contribution in [2.45, 2.75) is 38.8 Å². The van der Waals surface area contributed by atoms with Crippen LogP contribution in [0.4, 0.5) is 5.82 Å². The van der Waals surface area contributed by atoms with Gasteiger partial charge in [0.25, 0.3) is 5.91 Å². The molecule has 9 heteroatoms. The minimum absolute atomic E-state index is 0.202. The van der Waals surface area contributed by atoms with E-state index in [0.717, 1.165) is 12.0 Å². The number of unbranched alkanes of at least 4 members (excludes halogenated alkanes) is 1. The molecule has 1 atom stereocenters. The van der Waals surface area contributed by atoms with Crippen LogP contribution < -0.4 is 5.32 Å². The molecule has 2 rings (SSSR count). The second kappa shape index (κ2) is 9.46. The van der Waals surface area contributed by atoms with Crippen LogP contribution in [0.25, 0.3) is 0 Å². The number of rotatable bonds is 9. The Morgan fingerprint density at radius 2 is 2.04 bits per heavy atom. The monoisotopic (exact) mass is 374 g/mol. The molecule has 0 saturated carbocycles. The molecule has 2 aromatic rings. The lowest BCUT2D eigenvalue weighted by molar-refractivity contribution is -0.392. The van der Waals surface area contributed by atoms with Crippen molar-refractivity contribution in [3.8, 4) is 0 Å². The van der Waals surface area contributed by atoms with Crippen LogP contribution in [0.3, 0.4) is 0 Å². The highest BCUT2D eigenvalue weighted by Crippen LogP contribution is 2.19. The molecular formula is C18H22N4O5. The third-order valence-corrected chi connectivity index (χ3v) is 4.03. The lowest BCUT2D eigenvalue weighted by Gasteiger charge is -2.15. The average molecular weight is 374 g/mol. The van der Waals surface area contributed by atoms with E-state index in [-0.39, 0.29) is 12.2 Å². The van der Waals surface area contributed by atoms with Gasteiger partial charge in [-0.25, -0.2) is 14.3 Å². The number of hydrogen-bond acceptors (Lipinski definition) is 6. The number of nitro groups is 1. The number of carbonyl (C=O) groups excluding carboxylic acids is 2. The Labute approximate surface area is 156 Å². The second-order valence-corrected chi connectivity index (χ2v) is 5.98. The normalized spacial score (nSPS) is 11.6. The van der Waals surface area contributed by atoms with Crippen molar-refractivity contribution >= 4 is 17.7 Å². The van der Waals surface area contributed by atoms with E-state index in [1.54, 1.807) is 0 Å². The summed E-state index contributed by atoms with van der Waals surface area (Å²) < 4.78 is 5.99. The lowest BCUT2D eigenvalue weighted by Crippen LogP contribution is -2.41. The Bertz CT molecular complexity index is 803. The first-order valence-electron chi connectivity index (χ1n) is 8.60. The van der Waals surface area contributed by atoms with Gasteiger partial charge in [0.05, 0.1) is 7.11 Å². The van der Waals surface area contributed by atoms with E-state index < -0.39 is 28.7 Å². The summed E-state index contributed by atoms with van der Waals surface area (Å²) in [6, 6.07) is 8.25. The average Bonchev–Trinajstić information content (AvgIpc) is 3.09. The number of aromatic nitrogens is 2. The summed E-state index contributed by atoms with van der Waals surface area (Å²) in [6.07, 6.45) is 3.16. The Hall–Kier alpha value is -3.23. The molecule has 9 nitrogen and oxygen atoms in total. The van der Waals surface area contributed by atoms with E-state index in [2.05, 4.69) is 10.3 Å². The minimum Gasteiger partial charge on any atom is -0.467 e. The van der Waals surface area contributed by atoms with Gasteiger partial charge in [-0.2, -0.15) is 0 Å². The van der Waals surface area contributed by atoms with Gasteiger partial charge in [0.15, 0.2) is 6.33 Å². The highest BCUT2D eigenvalue weighted by molar-refractivity contribution is 5.98. The summed E-state index contributed by atoms with van der Waals surface area (Å²) in [5.74, 6) is -1.79. The predicted octanol–water partition coefficient (Wildman–Crippen LogP) is 2.30. The summed E-state index contributed by atoms with van der Waals surface area (Å²) in [4.78, 5) is 39.2. The molecule has 1 N–H and O–H groups in total. The summed E-state index contributed by atoms with van der Waals surface area (Å²) in [7, 11) is 1.23. The molecule has 1 heterocycles. The van der Waals surface area contributed by atoms with Crippen LogP contribution in [-0.4, -0.2) is 39.5 Å². The smallest absolute Gasteiger partial charge is 0.356 e. The highest BCUT2D eigenvalue weighted by atomic mass is 16.6. The van der Waals surface area contributed by atoms with Gasteiger partial charge in [0, 0.05) is 0 Å². The molecular weight excluding hydrogens is 352 g/mol. The molecule has 1 aromatic carbocycles. The first-order valence-corrected chi connectivity index (χ1v) is 8.60. The fourth-order valence-electron chi connectivity index (χ4n) is 2.65. The number of ether oxygens (including phenoxy) is 1. The molecule has 0 spiro atoms. The molecule has 0 aliphatic heterocycles. The van der Waals surface area contributed by atoms with Gasteiger partial charge in [-0.15, -0.1) is 0 Å². The van der Waals surface area contributed by atoms with Gasteiger partial charge in [0.1, 0.15) is 12.6 Å². The zero-order valence-electron chi connectivity index (χ0n) is 15.3. The summed E-state index contributed by atoms with van der Waals surface area (Å²) in [6.45, 7) is 2.15. The topological polar surface area (TPSA) is 116 Å². The van der Waals surface area contributed by atoms with Gasteiger partial charge in [0.2, 0.25) is 5.69 Å². The fourth-order valence-corrected chi connectivity index (χ4v) is 2.65. The van der Waals surface area contributed by atoms with Crippen molar-refractivity contribution < 1.29 is 19.2 Å². The van der Waals surface area contributed by atoms with Crippen LogP contribution in [-0.2, 0) is 16.1 Å². The number of esters is 1. The van der Waals surface area contributed by atoms with Gasteiger partial charge in [-0.1, -0.05) is 50.1 Å². The molecule has 1 unspecified atom stereocenters. The van der Waals surface area contributed by atoms with Gasteiger partial charge >= 0.3 is 11.8 Å². The number of amides is 1. The van der Waals surface area contributed by atoms with Crippen molar-refractivity contribution in [2.24, 2.45) is 0 Å². The van der Waals surface area contributed by atoms with Crippen LogP contribution in [0.1, 0.15) is 42.2 Å². The SMILES string of the molecule is CCCCC(NC(=O)c1ncn(Cc2ccccc2)c1[N+](=O)[O-])C(=O)OC. The molecule has 0 saturated heterocycles. The number of methoxy groups -OCH3 is 1. The number of hydrogen-bond donors (Lipinski definition) is 1. The summed E-state index contributed by atoms with van der Waals surface area (Å²) in [5.41, 5.74) is 0.502. The van der Waals surface area contributed by atoms with E-state index in [1.165, 1.54) is 18.0 Å². The van der Waals surface area contributed by atoms with Gasteiger partial charge in [-0.05, 0) is 16.9 Å². The maximum Gasteiger partial charge on any atom is 0.356 e. The molecule has 0 radical (unpaired) electrons. The molecule has 0 aliphatic rings. The maximum absolute atomic E-state index is 12.5. The third-order valence-electron chi connectivity index (χ3n) is 4.03. The largest absolute Gasteiger partial charge is 0.467 e. The molecule has 0 bridgehead atoms. The second-order valence-electron chi connectivity index (χ2n) is 5.98. The van der Waals surface area contributed by atoms with Crippen LogP contribution in [0.2, 0.25) is 0 Å². The number of imidazole rings is 1. The van der Waals surface area contributed by atoms with Gasteiger partial charge in [-0.3, -0.25) is 4.79 Å². The van der Waals surface area contributed by atoms with Crippen molar-refractivity contribution in [2.75, 3.05) is 7.11 Å². The van der Waals surface area contributed by atoms with Crippen molar-refractivity contribution in [3.63, 3.8) is 0 Å². The molecule has 144 valence electrons. The predicted molar refractivity (Wildman–Crippen MR) is 97.2 cm³/mol. The van der Waals surface area contributed by atoms with Crippen LogP contribution >= 0.6 is 0 Å². The quantitative estimate of drug-likeness (QED) is 0.409. The van der Waals surface area contributed by atoms with E-state index in [1.807, 2.05) is 37.3 Å². The number of benzene rings is 1. The molecule has 1 aromatic heterocycles. The lowest BCUT2D eigenvalue weighted by atomic mass is 10.1. The molecule has 0 aliphatic carbocycles. The van der Waals surface area contributed by atoms with Crippen molar-refractivity contribution in [1.82, 2.24) is 14.9 Å². The molecule has 27 heavy (non-hydrogen) atoms. The number of nitrogens with zero attached hydrogens (tertiary/aromatic N) is 3. The zero-order chi connectivity index (χ0) is 19.8. The first-order chi connectivity index (χ1) is 13.0. The Morgan fingerprint density at radius 3 is 2.63 bits per heavy atom. The van der Waals surface area contributed by atoms with E-state index in [9.17, 15) is 19.7 Å². The standard InChI is InChI=1S/C18H22N4O5/c1-3-4-10-14(18(24)27-2)20-16(23)15-17(22(25)26)21(12-19-15)11-13-8-6-5-7-9-13/h5-9,12,14H,3-4,10-11H2,1-2H3,(H,20,23). The van der Waals surface area contributed by atoms with Crippen LogP contribution in [0.5, 0.6) is 0 Å².